The molecule has 0 atom stereocenters. The van der Waals surface area contributed by atoms with Crippen LogP contribution < -0.4 is 5.84 Å². The molecular weight excluding hydrogens is 210 g/mol. The monoisotopic (exact) mass is 218 g/mol. The van der Waals surface area contributed by atoms with Gasteiger partial charge in [0.05, 0.1) is 11.0 Å². The fraction of sp³-hybridized carbons (Fsp3) is 0. The molecule has 0 saturated carbocycles. The van der Waals surface area contributed by atoms with E-state index in [1.807, 2.05) is 0 Å². The van der Waals surface area contributed by atoms with Crippen molar-refractivity contribution in [1.82, 2.24) is 4.68 Å². The van der Waals surface area contributed by atoms with Crippen molar-refractivity contribution in [1.29, 1.82) is 0 Å². The molecule has 3 rings (SSSR count). The molecule has 0 saturated heterocycles. The highest BCUT2D eigenvalue weighted by Gasteiger charge is 2.09. The topological polar surface area (TPSA) is 30.9 Å². The van der Waals surface area contributed by atoms with E-state index < -0.39 is 0 Å². The van der Waals surface area contributed by atoms with E-state index in [0.29, 0.717) is 11.0 Å². The number of rotatable bonds is 0. The van der Waals surface area contributed by atoms with Crippen LogP contribution in [0.4, 0.5) is 8.78 Å². The minimum atomic E-state index is -0.359. The van der Waals surface area contributed by atoms with Gasteiger partial charge in [-0.3, -0.25) is 4.68 Å². The van der Waals surface area contributed by atoms with Gasteiger partial charge in [-0.25, -0.2) is 8.78 Å². The van der Waals surface area contributed by atoms with Gasteiger partial charge in [-0.1, -0.05) is 0 Å². The van der Waals surface area contributed by atoms with Gasteiger partial charge in [-0.2, -0.15) is 0 Å². The standard InChI is InChI=1S/C12H8F2N2/c13-7-1-3-9-10-4-2-8(14)6-12(10)16(15)11(9)5-7/h1-6H,15H2. The maximum Gasteiger partial charge on any atom is 0.125 e. The summed E-state index contributed by atoms with van der Waals surface area (Å²) in [6, 6.07) is 8.71. The van der Waals surface area contributed by atoms with Crippen LogP contribution in [0.25, 0.3) is 21.8 Å². The predicted octanol–water partition coefficient (Wildman–Crippen LogP) is 2.79. The molecule has 1 aromatic heterocycles. The number of halogens is 2. The summed E-state index contributed by atoms with van der Waals surface area (Å²) in [5.74, 6) is 5.08. The summed E-state index contributed by atoms with van der Waals surface area (Å²) < 4.78 is 27.5. The second kappa shape index (κ2) is 2.95. The molecule has 0 fully saturated rings. The molecule has 0 unspecified atom stereocenters. The number of hydrogen-bond acceptors (Lipinski definition) is 1. The number of nitrogens with zero attached hydrogens (tertiary/aromatic N) is 1. The third-order valence-corrected chi connectivity index (χ3v) is 2.73. The van der Waals surface area contributed by atoms with E-state index in [1.54, 1.807) is 12.1 Å². The molecular formula is C12H8F2N2. The Balaban J connectivity index is 2.59. The Bertz CT molecular complexity index is 642. The first-order chi connectivity index (χ1) is 7.66. The molecule has 80 valence electrons. The van der Waals surface area contributed by atoms with Crippen LogP contribution >= 0.6 is 0 Å². The molecule has 3 aromatic rings. The van der Waals surface area contributed by atoms with Crippen LogP contribution in [-0.2, 0) is 0 Å². The van der Waals surface area contributed by atoms with E-state index in [4.69, 9.17) is 5.84 Å². The molecule has 0 bridgehead atoms. The van der Waals surface area contributed by atoms with Crippen molar-refractivity contribution in [3.8, 4) is 0 Å². The van der Waals surface area contributed by atoms with Gasteiger partial charge >= 0.3 is 0 Å². The van der Waals surface area contributed by atoms with E-state index in [2.05, 4.69) is 0 Å². The number of benzene rings is 2. The van der Waals surface area contributed by atoms with E-state index in [1.165, 1.54) is 28.9 Å². The third kappa shape index (κ3) is 1.10. The quantitative estimate of drug-likeness (QED) is 0.578. The van der Waals surface area contributed by atoms with Crippen molar-refractivity contribution in [2.24, 2.45) is 0 Å². The normalized spacial score (nSPS) is 11.4. The molecule has 0 spiro atoms. The zero-order chi connectivity index (χ0) is 11.3. The van der Waals surface area contributed by atoms with Crippen molar-refractivity contribution in [3.05, 3.63) is 48.0 Å². The van der Waals surface area contributed by atoms with E-state index in [9.17, 15) is 8.78 Å². The van der Waals surface area contributed by atoms with Crippen LogP contribution in [0.1, 0.15) is 0 Å². The van der Waals surface area contributed by atoms with E-state index in [-0.39, 0.29) is 11.6 Å². The highest BCUT2D eigenvalue weighted by molar-refractivity contribution is 6.08. The molecule has 0 aliphatic carbocycles. The Hall–Kier alpha value is -2.10. The summed E-state index contributed by atoms with van der Waals surface area (Å²) in [4.78, 5) is 0. The summed E-state index contributed by atoms with van der Waals surface area (Å²) in [6.45, 7) is 0. The van der Waals surface area contributed by atoms with Crippen LogP contribution in [0, 0.1) is 11.6 Å². The average Bonchev–Trinajstić information content (AvgIpc) is 2.53. The van der Waals surface area contributed by atoms with Crippen molar-refractivity contribution in [3.63, 3.8) is 0 Å². The molecule has 2 nitrogen and oxygen atoms in total. The van der Waals surface area contributed by atoms with Crippen LogP contribution in [-0.4, -0.2) is 4.68 Å². The lowest BCUT2D eigenvalue weighted by molar-refractivity contribution is 0.629. The minimum absolute atomic E-state index is 0.359. The molecule has 1 heterocycles. The van der Waals surface area contributed by atoms with Crippen LogP contribution in [0.2, 0.25) is 0 Å². The minimum Gasteiger partial charge on any atom is -0.339 e. The Labute approximate surface area is 89.9 Å². The Kier molecular flexibility index (Phi) is 1.68. The molecule has 4 heteroatoms. The largest absolute Gasteiger partial charge is 0.339 e. The number of hydrogen-bond donors (Lipinski definition) is 1. The number of nitrogens with two attached hydrogens (primary N) is 1. The fourth-order valence-corrected chi connectivity index (χ4v) is 1.99. The van der Waals surface area contributed by atoms with Gasteiger partial charge in [0.2, 0.25) is 0 Å². The molecule has 0 aliphatic rings. The molecule has 16 heavy (non-hydrogen) atoms. The van der Waals surface area contributed by atoms with Crippen LogP contribution in [0.5, 0.6) is 0 Å². The van der Waals surface area contributed by atoms with Gasteiger partial charge in [0, 0.05) is 22.9 Å². The van der Waals surface area contributed by atoms with Crippen molar-refractivity contribution >= 4 is 21.8 Å². The summed E-state index contributed by atoms with van der Waals surface area (Å²) >= 11 is 0. The van der Waals surface area contributed by atoms with Crippen molar-refractivity contribution < 1.29 is 8.78 Å². The fourth-order valence-electron chi connectivity index (χ4n) is 1.99. The molecule has 0 aliphatic heterocycles. The molecule has 2 aromatic carbocycles. The third-order valence-electron chi connectivity index (χ3n) is 2.73. The average molecular weight is 218 g/mol. The van der Waals surface area contributed by atoms with Gasteiger partial charge in [0.25, 0.3) is 0 Å². The lowest BCUT2D eigenvalue weighted by Gasteiger charge is -1.97. The Morgan fingerprint density at radius 2 is 1.25 bits per heavy atom. The van der Waals surface area contributed by atoms with E-state index >= 15 is 0 Å². The second-order valence-corrected chi connectivity index (χ2v) is 3.69. The summed E-state index contributed by atoms with van der Waals surface area (Å²) in [5.41, 5.74) is 1.11. The Morgan fingerprint density at radius 3 is 1.69 bits per heavy atom. The number of aromatic nitrogens is 1. The predicted molar refractivity (Wildman–Crippen MR) is 59.5 cm³/mol. The van der Waals surface area contributed by atoms with Gasteiger partial charge in [0.15, 0.2) is 0 Å². The van der Waals surface area contributed by atoms with Gasteiger partial charge in [-0.15, -0.1) is 0 Å². The highest BCUT2D eigenvalue weighted by atomic mass is 19.1. The maximum absolute atomic E-state index is 13.1. The van der Waals surface area contributed by atoms with Gasteiger partial charge in [0.1, 0.15) is 11.6 Å². The molecule has 2 N–H and O–H groups in total. The zero-order valence-electron chi connectivity index (χ0n) is 8.24. The number of fused-ring (bicyclic) bond motifs is 3. The van der Waals surface area contributed by atoms with Crippen molar-refractivity contribution in [2.45, 2.75) is 0 Å². The summed E-state index contributed by atoms with van der Waals surface area (Å²) in [6.07, 6.45) is 0. The maximum atomic E-state index is 13.1. The van der Waals surface area contributed by atoms with Gasteiger partial charge in [-0.05, 0) is 24.3 Å². The van der Waals surface area contributed by atoms with Crippen molar-refractivity contribution in [2.75, 3.05) is 5.84 Å². The Morgan fingerprint density at radius 1 is 0.812 bits per heavy atom. The zero-order valence-corrected chi connectivity index (χ0v) is 8.24. The molecule has 0 amide bonds. The first kappa shape index (κ1) is 9.15. The van der Waals surface area contributed by atoms with Crippen LogP contribution in [0.3, 0.4) is 0 Å². The second-order valence-electron chi connectivity index (χ2n) is 3.69. The van der Waals surface area contributed by atoms with Gasteiger partial charge < -0.3 is 5.84 Å². The van der Waals surface area contributed by atoms with E-state index in [0.717, 1.165) is 10.8 Å². The lowest BCUT2D eigenvalue weighted by Crippen LogP contribution is -2.06. The van der Waals surface area contributed by atoms with Crippen LogP contribution in [0.15, 0.2) is 36.4 Å². The highest BCUT2D eigenvalue weighted by Crippen LogP contribution is 2.27. The number of nitrogen functional groups attached to an aromatic ring is 1. The molecule has 0 radical (unpaired) electrons. The SMILES string of the molecule is Nn1c2cc(F)ccc2c2ccc(F)cc21. The summed E-state index contributed by atoms with van der Waals surface area (Å²) in [5, 5.41) is 1.64. The first-order valence-electron chi connectivity index (χ1n) is 4.81. The summed E-state index contributed by atoms with van der Waals surface area (Å²) in [7, 11) is 0. The smallest absolute Gasteiger partial charge is 0.125 e. The lowest BCUT2D eigenvalue weighted by atomic mass is 10.1. The first-order valence-corrected chi connectivity index (χ1v) is 4.81.